The van der Waals surface area contributed by atoms with Gasteiger partial charge in [0.15, 0.2) is 6.04 Å². The molecule has 0 aliphatic rings. The first kappa shape index (κ1) is 15.9. The average Bonchev–Trinajstić information content (AvgIpc) is 2.43. The van der Waals surface area contributed by atoms with Crippen molar-refractivity contribution < 1.29 is 24.6 Å². The number of nitrogens with one attached hydrogen (secondary N) is 1. The second-order valence-corrected chi connectivity index (χ2v) is 4.01. The molecule has 1 rings (SSSR count). The summed E-state index contributed by atoms with van der Waals surface area (Å²) in [5.74, 6) is -1.36. The average molecular weight is 283 g/mol. The van der Waals surface area contributed by atoms with Crippen LogP contribution in [0.25, 0.3) is 0 Å². The van der Waals surface area contributed by atoms with Gasteiger partial charge in [0.2, 0.25) is 5.91 Å². The molecule has 1 amide bonds. The van der Waals surface area contributed by atoms with Crippen molar-refractivity contribution in [2.75, 3.05) is 12.3 Å². The Kier molecular flexibility index (Phi) is 5.44. The molecule has 0 radical (unpaired) electrons. The van der Waals surface area contributed by atoms with Crippen molar-refractivity contribution in [1.82, 2.24) is 5.32 Å². The Morgan fingerprint density at radius 1 is 1.45 bits per heavy atom. The van der Waals surface area contributed by atoms with E-state index in [1.165, 1.54) is 31.2 Å². The number of rotatable bonds is 5. The van der Waals surface area contributed by atoms with Crippen LogP contribution in [0.15, 0.2) is 24.3 Å². The molecule has 0 aliphatic heterocycles. The van der Waals surface area contributed by atoms with Gasteiger partial charge in [0, 0.05) is 6.92 Å². The Bertz CT molecular complexity index is 491. The molecule has 3 N–H and O–H groups in total. The van der Waals surface area contributed by atoms with Crippen molar-refractivity contribution in [3.05, 3.63) is 35.0 Å². The summed E-state index contributed by atoms with van der Waals surface area (Å²) >= 11 is 0. The maximum absolute atomic E-state index is 11.6. The molecule has 1 aromatic carbocycles. The lowest BCUT2D eigenvalue weighted by Gasteiger charge is -2.25. The summed E-state index contributed by atoms with van der Waals surface area (Å²) in [6.45, 7) is 1.19. The number of aliphatic hydroxyl groups is 1. The molecule has 0 bridgehead atoms. The number of amides is 1. The highest BCUT2D eigenvalue weighted by molar-refractivity contribution is 5.83. The lowest BCUT2D eigenvalue weighted by atomic mass is 10.0. The van der Waals surface area contributed by atoms with Gasteiger partial charge in [0.25, 0.3) is 0 Å². The Labute approximate surface area is 115 Å². The van der Waals surface area contributed by atoms with E-state index in [0.717, 1.165) is 7.11 Å². The van der Waals surface area contributed by atoms with Gasteiger partial charge in [-0.2, -0.15) is 0 Å². The smallest absolute Gasteiger partial charge is 0.331 e. The fourth-order valence-corrected chi connectivity index (χ4v) is 1.63. The predicted octanol–water partition coefficient (Wildman–Crippen LogP) is 0.0911. The molecule has 0 saturated heterocycles. The lowest BCUT2D eigenvalue weighted by molar-refractivity contribution is -0.148. The van der Waals surface area contributed by atoms with E-state index in [1.807, 2.05) is 0 Å². The van der Waals surface area contributed by atoms with Crippen LogP contribution in [0.1, 0.15) is 18.6 Å². The molecule has 8 nitrogen and oxygen atoms in total. The van der Waals surface area contributed by atoms with E-state index in [4.69, 9.17) is 5.21 Å². The van der Waals surface area contributed by atoms with Crippen LogP contribution in [0.5, 0.6) is 0 Å². The van der Waals surface area contributed by atoms with Crippen LogP contribution in [-0.4, -0.2) is 35.3 Å². The quantitative estimate of drug-likeness (QED) is 0.517. The summed E-state index contributed by atoms with van der Waals surface area (Å²) in [5.41, 5.74) is 0.0505. The molecule has 0 spiro atoms. The fraction of sp³-hybridized carbons (Fsp3) is 0.333. The van der Waals surface area contributed by atoms with Gasteiger partial charge in [0.1, 0.15) is 6.10 Å². The number of ether oxygens (including phenoxy) is 1. The number of esters is 1. The molecule has 0 heterocycles. The third-order valence-corrected chi connectivity index (χ3v) is 2.56. The first-order valence-corrected chi connectivity index (χ1v) is 5.66. The summed E-state index contributed by atoms with van der Waals surface area (Å²) in [6.07, 6.45) is -1.42. The minimum absolute atomic E-state index is 0.118. The number of anilines is 1. The van der Waals surface area contributed by atoms with Crippen LogP contribution in [0, 0.1) is 5.21 Å². The van der Waals surface area contributed by atoms with Gasteiger partial charge < -0.3 is 25.6 Å². The van der Waals surface area contributed by atoms with E-state index < -0.39 is 24.0 Å². The molecule has 0 saturated carbocycles. The normalized spacial score (nSPS) is 13.2. The summed E-state index contributed by atoms with van der Waals surface area (Å²) in [6, 6.07) is 4.04. The molecule has 1 aromatic rings. The molecule has 8 heteroatoms. The largest absolute Gasteiger partial charge is 0.733 e. The minimum Gasteiger partial charge on any atom is -0.733 e. The number of aliphatic hydroxyl groups excluding tert-OH is 1. The summed E-state index contributed by atoms with van der Waals surface area (Å²) in [4.78, 5) is 22.6. The molecule has 0 aliphatic carbocycles. The molecule has 110 valence electrons. The number of carbonyl (C=O) groups excluding carboxylic acids is 2. The van der Waals surface area contributed by atoms with Crippen molar-refractivity contribution in [3.63, 3.8) is 0 Å². The van der Waals surface area contributed by atoms with Gasteiger partial charge in [0.05, 0.1) is 12.8 Å². The van der Waals surface area contributed by atoms with E-state index in [1.54, 1.807) is 0 Å². The topological polar surface area (TPSA) is 122 Å². The van der Waals surface area contributed by atoms with Gasteiger partial charge in [-0.3, -0.25) is 10.0 Å². The lowest BCUT2D eigenvalue weighted by Crippen LogP contribution is -2.44. The molecule has 2 atom stereocenters. The van der Waals surface area contributed by atoms with Crippen LogP contribution in [-0.2, 0) is 14.3 Å². The van der Waals surface area contributed by atoms with Gasteiger partial charge in [-0.25, -0.2) is 4.79 Å². The monoisotopic (exact) mass is 283 g/mol. The molecular weight excluding hydrogens is 268 g/mol. The summed E-state index contributed by atoms with van der Waals surface area (Å²) in [7, 11) is 1.12. The van der Waals surface area contributed by atoms with Crippen molar-refractivity contribution in [3.8, 4) is 0 Å². The fourth-order valence-electron chi connectivity index (χ4n) is 1.63. The van der Waals surface area contributed by atoms with Crippen molar-refractivity contribution in [2.45, 2.75) is 19.1 Å². The third kappa shape index (κ3) is 3.92. The highest BCUT2D eigenvalue weighted by Gasteiger charge is 2.29. The zero-order valence-electron chi connectivity index (χ0n) is 10.9. The number of nitrogens with zero attached hydrogens (tertiary/aromatic N) is 1. The number of hydrogen-bond acceptors (Lipinski definition) is 7. The van der Waals surface area contributed by atoms with E-state index >= 15 is 0 Å². The molecule has 0 fully saturated rings. The Balaban J connectivity index is 3.04. The maximum atomic E-state index is 11.6. The van der Waals surface area contributed by atoms with Crippen LogP contribution < -0.4 is 10.5 Å². The Hall–Kier alpha value is -2.16. The van der Waals surface area contributed by atoms with E-state index in [-0.39, 0.29) is 16.5 Å². The Morgan fingerprint density at radius 3 is 2.60 bits per heavy atom. The zero-order chi connectivity index (χ0) is 15.3. The third-order valence-electron chi connectivity index (χ3n) is 2.56. The van der Waals surface area contributed by atoms with Gasteiger partial charge in [-0.05, 0) is 17.7 Å². The van der Waals surface area contributed by atoms with Gasteiger partial charge in [-0.1, -0.05) is 12.1 Å². The van der Waals surface area contributed by atoms with Gasteiger partial charge >= 0.3 is 5.97 Å². The van der Waals surface area contributed by atoms with Gasteiger partial charge in [-0.15, -0.1) is 0 Å². The van der Waals surface area contributed by atoms with Crippen LogP contribution in [0.2, 0.25) is 0 Å². The first-order valence-electron chi connectivity index (χ1n) is 5.66. The van der Waals surface area contributed by atoms with Crippen LogP contribution in [0.3, 0.4) is 0 Å². The molecule has 0 unspecified atom stereocenters. The van der Waals surface area contributed by atoms with E-state index in [0.29, 0.717) is 0 Å². The number of benzene rings is 1. The zero-order valence-corrected chi connectivity index (χ0v) is 10.9. The summed E-state index contributed by atoms with van der Waals surface area (Å²) in [5, 5.41) is 31.6. The highest BCUT2D eigenvalue weighted by atomic mass is 16.8. The molecule has 0 aromatic heterocycles. The van der Waals surface area contributed by atoms with Crippen molar-refractivity contribution in [1.29, 1.82) is 0 Å². The second-order valence-electron chi connectivity index (χ2n) is 4.01. The maximum Gasteiger partial charge on any atom is 0.331 e. The second kappa shape index (κ2) is 6.85. The first-order chi connectivity index (χ1) is 9.36. The number of methoxy groups -OCH3 is 1. The predicted molar refractivity (Wildman–Crippen MR) is 68.7 cm³/mol. The SMILES string of the molecule is COC(=O)[C@H](NC(C)=O)[C@H](O)c1cccc(N([O-])O)c1. The Morgan fingerprint density at radius 2 is 2.10 bits per heavy atom. The van der Waals surface area contributed by atoms with Crippen molar-refractivity contribution in [2.24, 2.45) is 0 Å². The minimum atomic E-state index is -1.42. The summed E-state index contributed by atoms with van der Waals surface area (Å²) < 4.78 is 4.50. The number of carbonyl (C=O) groups is 2. The molecule has 20 heavy (non-hydrogen) atoms. The van der Waals surface area contributed by atoms with Crippen molar-refractivity contribution >= 4 is 17.6 Å². The molecular formula is C12H15N2O6-. The van der Waals surface area contributed by atoms with E-state index in [2.05, 4.69) is 10.1 Å². The standard InChI is InChI=1S/C12H15N2O6/c1-7(15)13-10(12(17)20-2)11(16)8-4-3-5-9(6-8)14(18)19/h3-6,10-11,16,18H,1-2H3,(H,13,15)/q-1/t10-,11-/m1/s1. The highest BCUT2D eigenvalue weighted by Crippen LogP contribution is 2.22. The van der Waals surface area contributed by atoms with Crippen LogP contribution >= 0.6 is 0 Å². The van der Waals surface area contributed by atoms with Crippen LogP contribution in [0.4, 0.5) is 5.69 Å². The van der Waals surface area contributed by atoms with E-state index in [9.17, 15) is 19.9 Å². The number of hydrogen-bond donors (Lipinski definition) is 3.